The van der Waals surface area contributed by atoms with Gasteiger partial charge in [-0.2, -0.15) is 4.98 Å². The van der Waals surface area contributed by atoms with Crippen molar-refractivity contribution in [3.63, 3.8) is 0 Å². The molecule has 0 amide bonds. The van der Waals surface area contributed by atoms with E-state index in [1.807, 2.05) is 19.1 Å². The van der Waals surface area contributed by atoms with Crippen LogP contribution in [0.3, 0.4) is 0 Å². The summed E-state index contributed by atoms with van der Waals surface area (Å²) in [7, 11) is 0. The third kappa shape index (κ3) is 2.32. The average molecular weight is 234 g/mol. The number of aliphatic hydroxyl groups excluding tert-OH is 1. The molecule has 2 unspecified atom stereocenters. The van der Waals surface area contributed by atoms with Crippen molar-refractivity contribution in [3.8, 4) is 11.5 Å². The first-order valence-corrected chi connectivity index (χ1v) is 5.29. The van der Waals surface area contributed by atoms with Crippen LogP contribution in [-0.4, -0.2) is 26.3 Å². The molecule has 0 aliphatic carbocycles. The van der Waals surface area contributed by atoms with Crippen molar-refractivity contribution in [2.24, 2.45) is 5.73 Å². The normalized spacial score (nSPS) is 14.6. The second kappa shape index (κ2) is 4.60. The van der Waals surface area contributed by atoms with E-state index in [0.29, 0.717) is 11.5 Å². The Morgan fingerprint density at radius 3 is 2.88 bits per heavy atom. The van der Waals surface area contributed by atoms with Crippen LogP contribution in [0.25, 0.3) is 11.5 Å². The largest absolute Gasteiger partial charge is 0.391 e. The summed E-state index contributed by atoms with van der Waals surface area (Å²) in [6.07, 6.45) is 0.917. The zero-order valence-corrected chi connectivity index (χ0v) is 9.66. The van der Waals surface area contributed by atoms with Crippen molar-refractivity contribution in [1.29, 1.82) is 0 Å². The highest BCUT2D eigenvalue weighted by Crippen LogP contribution is 2.19. The second-order valence-corrected chi connectivity index (χ2v) is 3.89. The summed E-state index contributed by atoms with van der Waals surface area (Å²) in [5, 5.41) is 13.2. The van der Waals surface area contributed by atoms with Crippen molar-refractivity contribution >= 4 is 0 Å². The molecule has 0 fully saturated rings. The number of aliphatic hydroxyl groups is 1. The van der Waals surface area contributed by atoms with E-state index < -0.39 is 12.1 Å². The molecule has 0 radical (unpaired) electrons. The first-order valence-electron chi connectivity index (χ1n) is 5.29. The number of aryl methyl sites for hydroxylation is 1. The summed E-state index contributed by atoms with van der Waals surface area (Å²) in [6, 6.07) is 3.06. The average Bonchev–Trinajstić information content (AvgIpc) is 2.77. The van der Waals surface area contributed by atoms with Crippen LogP contribution in [0.2, 0.25) is 0 Å². The van der Waals surface area contributed by atoms with Gasteiger partial charge in [0.25, 0.3) is 0 Å². The van der Waals surface area contributed by atoms with Gasteiger partial charge in [-0.25, -0.2) is 0 Å². The number of nitrogens with two attached hydrogens (primary N) is 1. The molecule has 3 N–H and O–H groups in total. The monoisotopic (exact) mass is 234 g/mol. The maximum Gasteiger partial charge on any atom is 0.246 e. The number of pyridine rings is 1. The van der Waals surface area contributed by atoms with Gasteiger partial charge in [0.1, 0.15) is 11.7 Å². The molecule has 2 rings (SSSR count). The van der Waals surface area contributed by atoms with Crippen LogP contribution in [0.1, 0.15) is 24.4 Å². The molecular formula is C11H14N4O2. The van der Waals surface area contributed by atoms with Crippen molar-refractivity contribution in [2.75, 3.05) is 0 Å². The lowest BCUT2D eigenvalue weighted by atomic mass is 10.2. The highest BCUT2D eigenvalue weighted by molar-refractivity contribution is 5.53. The molecule has 0 aliphatic heterocycles. The fraction of sp³-hybridized carbons (Fsp3) is 0.364. The van der Waals surface area contributed by atoms with E-state index in [-0.39, 0.29) is 5.89 Å². The molecule has 2 aromatic heterocycles. The minimum atomic E-state index is -0.742. The van der Waals surface area contributed by atoms with Gasteiger partial charge >= 0.3 is 0 Å². The zero-order chi connectivity index (χ0) is 12.4. The van der Waals surface area contributed by atoms with Gasteiger partial charge in [-0.15, -0.1) is 0 Å². The highest BCUT2D eigenvalue weighted by atomic mass is 16.5. The van der Waals surface area contributed by atoms with Crippen molar-refractivity contribution in [2.45, 2.75) is 26.0 Å². The Labute approximate surface area is 98.5 Å². The standard InChI is InChI=1S/C11H14N4O2/c1-6-4-3-5-13-9(6)10-14-11(17-15-10)8(12)7(2)16/h3-5,7-8,16H,12H2,1-2H3. The Hall–Kier alpha value is -1.79. The molecule has 2 atom stereocenters. The Kier molecular flexibility index (Phi) is 3.16. The molecule has 0 spiro atoms. The number of rotatable bonds is 3. The summed E-state index contributed by atoms with van der Waals surface area (Å²) < 4.78 is 5.01. The van der Waals surface area contributed by atoms with Gasteiger partial charge in [0.2, 0.25) is 11.7 Å². The quantitative estimate of drug-likeness (QED) is 0.815. The smallest absolute Gasteiger partial charge is 0.246 e. The van der Waals surface area contributed by atoms with Crippen LogP contribution >= 0.6 is 0 Å². The van der Waals surface area contributed by atoms with Gasteiger partial charge in [0.15, 0.2) is 0 Å². The van der Waals surface area contributed by atoms with E-state index in [9.17, 15) is 5.11 Å². The van der Waals surface area contributed by atoms with Crippen LogP contribution < -0.4 is 5.73 Å². The molecule has 6 heteroatoms. The molecule has 2 heterocycles. The molecule has 0 bridgehead atoms. The molecule has 90 valence electrons. The van der Waals surface area contributed by atoms with Gasteiger partial charge in [-0.3, -0.25) is 4.98 Å². The lowest BCUT2D eigenvalue weighted by Crippen LogP contribution is -2.23. The van der Waals surface area contributed by atoms with E-state index in [4.69, 9.17) is 10.3 Å². The van der Waals surface area contributed by atoms with Gasteiger partial charge < -0.3 is 15.4 Å². The topological polar surface area (TPSA) is 98.1 Å². The molecular weight excluding hydrogens is 220 g/mol. The number of hydrogen-bond acceptors (Lipinski definition) is 6. The summed E-state index contributed by atoms with van der Waals surface area (Å²) in [4.78, 5) is 8.31. The van der Waals surface area contributed by atoms with E-state index in [0.717, 1.165) is 5.56 Å². The number of hydrogen-bond donors (Lipinski definition) is 2. The highest BCUT2D eigenvalue weighted by Gasteiger charge is 2.20. The van der Waals surface area contributed by atoms with Crippen LogP contribution in [0.15, 0.2) is 22.9 Å². The fourth-order valence-corrected chi connectivity index (χ4v) is 1.39. The van der Waals surface area contributed by atoms with Crippen LogP contribution in [0.5, 0.6) is 0 Å². The first-order chi connectivity index (χ1) is 8.09. The van der Waals surface area contributed by atoms with Crippen LogP contribution in [-0.2, 0) is 0 Å². The van der Waals surface area contributed by atoms with E-state index in [2.05, 4.69) is 15.1 Å². The lowest BCUT2D eigenvalue weighted by Gasteiger charge is -2.08. The summed E-state index contributed by atoms with van der Waals surface area (Å²) >= 11 is 0. The minimum absolute atomic E-state index is 0.208. The van der Waals surface area contributed by atoms with Crippen LogP contribution in [0, 0.1) is 6.92 Å². The Bertz CT molecular complexity index is 510. The van der Waals surface area contributed by atoms with Gasteiger partial charge in [-0.1, -0.05) is 11.2 Å². The van der Waals surface area contributed by atoms with Crippen molar-refractivity contribution in [1.82, 2.24) is 15.1 Å². The maximum absolute atomic E-state index is 9.34. The molecule has 2 aromatic rings. The number of aromatic nitrogens is 3. The molecule has 0 aliphatic rings. The second-order valence-electron chi connectivity index (χ2n) is 3.89. The SMILES string of the molecule is Cc1cccnc1-c1noc(C(N)C(C)O)n1. The number of nitrogens with zero attached hydrogens (tertiary/aromatic N) is 3. The maximum atomic E-state index is 9.34. The van der Waals surface area contributed by atoms with Gasteiger partial charge in [-0.05, 0) is 25.5 Å². The van der Waals surface area contributed by atoms with E-state index in [1.165, 1.54) is 0 Å². The third-order valence-electron chi connectivity index (χ3n) is 2.47. The Morgan fingerprint density at radius 1 is 1.47 bits per heavy atom. The zero-order valence-electron chi connectivity index (χ0n) is 9.66. The summed E-state index contributed by atoms with van der Waals surface area (Å²) in [5.41, 5.74) is 7.30. The predicted molar refractivity (Wildman–Crippen MR) is 60.9 cm³/mol. The molecule has 17 heavy (non-hydrogen) atoms. The summed E-state index contributed by atoms with van der Waals surface area (Å²) in [6.45, 7) is 3.48. The third-order valence-corrected chi connectivity index (χ3v) is 2.47. The lowest BCUT2D eigenvalue weighted by molar-refractivity contribution is 0.146. The minimum Gasteiger partial charge on any atom is -0.391 e. The molecule has 6 nitrogen and oxygen atoms in total. The van der Waals surface area contributed by atoms with Gasteiger partial charge in [0, 0.05) is 6.20 Å². The van der Waals surface area contributed by atoms with E-state index >= 15 is 0 Å². The predicted octanol–water partition coefficient (Wildman–Crippen LogP) is 0.821. The van der Waals surface area contributed by atoms with Crippen LogP contribution in [0.4, 0.5) is 0 Å². The van der Waals surface area contributed by atoms with Gasteiger partial charge in [0.05, 0.1) is 6.10 Å². The molecule has 0 saturated heterocycles. The summed E-state index contributed by atoms with van der Waals surface area (Å²) in [5.74, 6) is 0.592. The molecule has 0 saturated carbocycles. The van der Waals surface area contributed by atoms with Crippen molar-refractivity contribution in [3.05, 3.63) is 29.8 Å². The van der Waals surface area contributed by atoms with E-state index in [1.54, 1.807) is 13.1 Å². The first kappa shape index (κ1) is 11.7. The Morgan fingerprint density at radius 2 is 2.24 bits per heavy atom. The fourth-order valence-electron chi connectivity index (χ4n) is 1.39. The molecule has 0 aromatic carbocycles. The van der Waals surface area contributed by atoms with Crippen molar-refractivity contribution < 1.29 is 9.63 Å². The Balaban J connectivity index is 2.34.